The molecule has 2 aromatic heterocycles. The number of fused-ring (bicyclic) bond motifs is 1. The van der Waals surface area contributed by atoms with Crippen LogP contribution < -0.4 is 0 Å². The molecule has 20 heavy (non-hydrogen) atoms. The van der Waals surface area contributed by atoms with Gasteiger partial charge in [0.1, 0.15) is 0 Å². The Labute approximate surface area is 122 Å². The van der Waals surface area contributed by atoms with Crippen molar-refractivity contribution in [1.29, 1.82) is 5.26 Å². The maximum atomic E-state index is 9.15. The average molecular weight is 281 g/mol. The van der Waals surface area contributed by atoms with E-state index in [2.05, 4.69) is 24.3 Å². The lowest BCUT2D eigenvalue weighted by atomic mass is 10.1. The number of nitrogens with zero attached hydrogens (tertiary/aromatic N) is 3. The van der Waals surface area contributed by atoms with Gasteiger partial charge in [-0.05, 0) is 13.3 Å². The average Bonchev–Trinajstić information content (AvgIpc) is 2.96. The van der Waals surface area contributed by atoms with Crippen LogP contribution in [0.25, 0.3) is 16.2 Å². The van der Waals surface area contributed by atoms with Gasteiger partial charge >= 0.3 is 0 Å². The predicted molar refractivity (Wildman–Crippen MR) is 81.9 cm³/mol. The van der Waals surface area contributed by atoms with Crippen LogP contribution in [0.5, 0.6) is 0 Å². The minimum atomic E-state index is 0.383. The third-order valence-corrected chi connectivity index (χ3v) is 4.49. The van der Waals surface area contributed by atoms with Gasteiger partial charge in [-0.3, -0.25) is 4.40 Å². The van der Waals surface area contributed by atoms with Crippen LogP contribution in [0.15, 0.2) is 30.3 Å². The molecule has 0 unspecified atom stereocenters. The zero-order chi connectivity index (χ0) is 14.1. The molecular weight excluding hydrogens is 266 g/mol. The second-order valence-corrected chi connectivity index (χ2v) is 5.87. The zero-order valence-electron chi connectivity index (χ0n) is 11.6. The summed E-state index contributed by atoms with van der Waals surface area (Å²) in [4.78, 5) is 7.04. The van der Waals surface area contributed by atoms with Gasteiger partial charge in [0.15, 0.2) is 4.96 Å². The highest BCUT2D eigenvalue weighted by atomic mass is 32.1. The van der Waals surface area contributed by atoms with Gasteiger partial charge in [-0.25, -0.2) is 4.98 Å². The molecule has 0 aliphatic heterocycles. The van der Waals surface area contributed by atoms with Gasteiger partial charge < -0.3 is 0 Å². The predicted octanol–water partition coefficient (Wildman–Crippen LogP) is 4.00. The summed E-state index contributed by atoms with van der Waals surface area (Å²) in [5, 5.41) is 9.15. The SMILES string of the molecule is CCc1c(C)sc2nc(-c3ccccc3)c(CC#N)n12. The van der Waals surface area contributed by atoms with E-state index in [1.807, 2.05) is 30.3 Å². The van der Waals surface area contributed by atoms with Crippen molar-refractivity contribution >= 4 is 16.3 Å². The lowest BCUT2D eigenvalue weighted by Gasteiger charge is -2.03. The Morgan fingerprint density at radius 2 is 2.00 bits per heavy atom. The number of rotatable bonds is 3. The Morgan fingerprint density at radius 3 is 2.65 bits per heavy atom. The lowest BCUT2D eigenvalue weighted by Crippen LogP contribution is -1.98. The third kappa shape index (κ3) is 1.91. The topological polar surface area (TPSA) is 41.1 Å². The highest BCUT2D eigenvalue weighted by Gasteiger charge is 2.18. The van der Waals surface area contributed by atoms with Gasteiger partial charge in [-0.15, -0.1) is 11.3 Å². The molecule has 2 heterocycles. The van der Waals surface area contributed by atoms with Gasteiger partial charge in [0.05, 0.1) is 23.9 Å². The van der Waals surface area contributed by atoms with Gasteiger partial charge in [-0.2, -0.15) is 5.26 Å². The summed E-state index contributed by atoms with van der Waals surface area (Å²) < 4.78 is 2.17. The number of aromatic nitrogens is 2. The Hall–Kier alpha value is -2.12. The summed E-state index contributed by atoms with van der Waals surface area (Å²) in [5.41, 5.74) is 4.29. The molecular formula is C16H15N3S. The van der Waals surface area contributed by atoms with E-state index in [0.29, 0.717) is 6.42 Å². The summed E-state index contributed by atoms with van der Waals surface area (Å²) in [6.45, 7) is 4.27. The molecule has 0 amide bonds. The van der Waals surface area contributed by atoms with E-state index in [0.717, 1.165) is 28.3 Å². The van der Waals surface area contributed by atoms with Crippen molar-refractivity contribution in [3.05, 3.63) is 46.6 Å². The molecule has 0 saturated heterocycles. The molecule has 100 valence electrons. The first-order valence-electron chi connectivity index (χ1n) is 6.68. The van der Waals surface area contributed by atoms with E-state index in [1.54, 1.807) is 11.3 Å². The van der Waals surface area contributed by atoms with Crippen molar-refractivity contribution in [2.45, 2.75) is 26.7 Å². The third-order valence-electron chi connectivity index (χ3n) is 3.49. The Bertz CT molecular complexity index is 791. The summed E-state index contributed by atoms with van der Waals surface area (Å²) in [6, 6.07) is 12.4. The van der Waals surface area contributed by atoms with Crippen LogP contribution in [0, 0.1) is 18.3 Å². The maximum absolute atomic E-state index is 9.15. The summed E-state index contributed by atoms with van der Waals surface area (Å²) in [5.74, 6) is 0. The van der Waals surface area contributed by atoms with Gasteiger partial charge in [-0.1, -0.05) is 37.3 Å². The second-order valence-electron chi connectivity index (χ2n) is 4.68. The van der Waals surface area contributed by atoms with E-state index in [1.165, 1.54) is 10.6 Å². The molecule has 0 spiro atoms. The van der Waals surface area contributed by atoms with Crippen molar-refractivity contribution in [2.75, 3.05) is 0 Å². The molecule has 3 rings (SSSR count). The first-order chi connectivity index (χ1) is 9.76. The van der Waals surface area contributed by atoms with Crippen LogP contribution in [0.2, 0.25) is 0 Å². The number of benzene rings is 1. The zero-order valence-corrected chi connectivity index (χ0v) is 12.4. The number of hydrogen-bond acceptors (Lipinski definition) is 3. The number of thiazole rings is 1. The molecule has 0 N–H and O–H groups in total. The molecule has 3 nitrogen and oxygen atoms in total. The molecule has 0 atom stereocenters. The van der Waals surface area contributed by atoms with Crippen molar-refractivity contribution < 1.29 is 0 Å². The Morgan fingerprint density at radius 1 is 1.25 bits per heavy atom. The minimum Gasteiger partial charge on any atom is -0.290 e. The molecule has 0 bridgehead atoms. The summed E-state index contributed by atoms with van der Waals surface area (Å²) in [6.07, 6.45) is 1.34. The smallest absolute Gasteiger partial charge is 0.194 e. The van der Waals surface area contributed by atoms with Gasteiger partial charge in [0, 0.05) is 16.1 Å². The van der Waals surface area contributed by atoms with Gasteiger partial charge in [0.2, 0.25) is 0 Å². The number of hydrogen-bond donors (Lipinski definition) is 0. The van der Waals surface area contributed by atoms with Crippen molar-refractivity contribution in [1.82, 2.24) is 9.38 Å². The van der Waals surface area contributed by atoms with E-state index in [-0.39, 0.29) is 0 Å². The van der Waals surface area contributed by atoms with Crippen LogP contribution in [0.4, 0.5) is 0 Å². The molecule has 0 radical (unpaired) electrons. The van der Waals surface area contributed by atoms with Crippen LogP contribution in [-0.2, 0) is 12.8 Å². The first kappa shape index (κ1) is 12.9. The number of imidazole rings is 1. The van der Waals surface area contributed by atoms with E-state index in [4.69, 9.17) is 10.2 Å². The lowest BCUT2D eigenvalue weighted by molar-refractivity contribution is 0.942. The first-order valence-corrected chi connectivity index (χ1v) is 7.49. The van der Waals surface area contributed by atoms with Crippen LogP contribution >= 0.6 is 11.3 Å². The highest BCUT2D eigenvalue weighted by Crippen LogP contribution is 2.31. The molecule has 3 aromatic rings. The minimum absolute atomic E-state index is 0.383. The fourth-order valence-electron chi connectivity index (χ4n) is 2.60. The maximum Gasteiger partial charge on any atom is 0.194 e. The molecule has 1 aromatic carbocycles. The standard InChI is InChI=1S/C16H15N3S/c1-3-13-11(2)20-16-18-15(12-7-5-4-6-8-12)14(9-10-17)19(13)16/h4-8H,3,9H2,1-2H3. The molecule has 0 fully saturated rings. The fourth-order valence-corrected chi connectivity index (χ4v) is 3.68. The molecule has 4 heteroatoms. The Balaban J connectivity index is 2.31. The monoisotopic (exact) mass is 281 g/mol. The highest BCUT2D eigenvalue weighted by molar-refractivity contribution is 7.17. The van der Waals surface area contributed by atoms with Crippen molar-refractivity contribution in [3.63, 3.8) is 0 Å². The van der Waals surface area contributed by atoms with E-state index < -0.39 is 0 Å². The van der Waals surface area contributed by atoms with E-state index in [9.17, 15) is 0 Å². The summed E-state index contributed by atoms with van der Waals surface area (Å²) in [7, 11) is 0. The molecule has 0 saturated carbocycles. The fraction of sp³-hybridized carbons (Fsp3) is 0.250. The largest absolute Gasteiger partial charge is 0.290 e. The number of aryl methyl sites for hydroxylation is 2. The van der Waals surface area contributed by atoms with Crippen LogP contribution in [-0.4, -0.2) is 9.38 Å². The second kappa shape index (κ2) is 5.10. The Kier molecular flexibility index (Phi) is 3.29. The van der Waals surface area contributed by atoms with E-state index >= 15 is 0 Å². The van der Waals surface area contributed by atoms with Crippen LogP contribution in [0.3, 0.4) is 0 Å². The molecule has 0 aliphatic rings. The van der Waals surface area contributed by atoms with Crippen molar-refractivity contribution in [3.8, 4) is 17.3 Å². The number of nitriles is 1. The van der Waals surface area contributed by atoms with Gasteiger partial charge in [0.25, 0.3) is 0 Å². The molecule has 0 aliphatic carbocycles. The van der Waals surface area contributed by atoms with Crippen molar-refractivity contribution in [2.24, 2.45) is 0 Å². The summed E-state index contributed by atoms with van der Waals surface area (Å²) >= 11 is 1.70. The quantitative estimate of drug-likeness (QED) is 0.728. The normalized spacial score (nSPS) is 10.8. The van der Waals surface area contributed by atoms with Crippen LogP contribution in [0.1, 0.15) is 23.2 Å².